The molecule has 0 unspecified atom stereocenters. The summed E-state index contributed by atoms with van der Waals surface area (Å²) in [7, 11) is -3.85. The van der Waals surface area contributed by atoms with Gasteiger partial charge in [0, 0.05) is 19.2 Å². The Kier molecular flexibility index (Phi) is 4.51. The van der Waals surface area contributed by atoms with E-state index in [9.17, 15) is 17.6 Å². The number of sulfonamides is 1. The van der Waals surface area contributed by atoms with E-state index in [2.05, 4.69) is 4.72 Å². The molecule has 7 heteroatoms. The fourth-order valence-electron chi connectivity index (χ4n) is 3.09. The molecule has 1 aliphatic rings. The maximum Gasteiger partial charge on any atom is 0.262 e. The van der Waals surface area contributed by atoms with Crippen LogP contribution in [0.2, 0.25) is 0 Å². The summed E-state index contributed by atoms with van der Waals surface area (Å²) in [5.41, 5.74) is 2.45. The number of fused-ring (bicyclic) bond motifs is 1. The number of rotatable bonds is 3. The summed E-state index contributed by atoms with van der Waals surface area (Å²) in [6.45, 7) is 3.66. The highest BCUT2D eigenvalue weighted by Gasteiger charge is 2.22. The summed E-state index contributed by atoms with van der Waals surface area (Å²) >= 11 is 0. The lowest BCUT2D eigenvalue weighted by molar-refractivity contribution is -0.116. The number of benzene rings is 2. The van der Waals surface area contributed by atoms with Gasteiger partial charge < -0.3 is 4.90 Å². The zero-order chi connectivity index (χ0) is 18.2. The van der Waals surface area contributed by atoms with Crippen molar-refractivity contribution >= 4 is 27.3 Å². The normalized spacial score (nSPS) is 14.1. The second-order valence-corrected chi connectivity index (χ2v) is 7.78. The second kappa shape index (κ2) is 6.48. The molecule has 0 saturated heterocycles. The van der Waals surface area contributed by atoms with Crippen molar-refractivity contribution in [1.29, 1.82) is 0 Å². The quantitative estimate of drug-likeness (QED) is 0.912. The van der Waals surface area contributed by atoms with E-state index >= 15 is 0 Å². The van der Waals surface area contributed by atoms with Gasteiger partial charge in [0.1, 0.15) is 5.82 Å². The van der Waals surface area contributed by atoms with Crippen molar-refractivity contribution in [3.63, 3.8) is 0 Å². The molecule has 0 fully saturated rings. The third kappa shape index (κ3) is 3.51. The van der Waals surface area contributed by atoms with E-state index in [0.29, 0.717) is 17.8 Å². The van der Waals surface area contributed by atoms with E-state index in [1.807, 2.05) is 6.07 Å². The molecule has 0 bridgehead atoms. The molecule has 0 aromatic heterocycles. The van der Waals surface area contributed by atoms with Crippen LogP contribution >= 0.6 is 0 Å². The van der Waals surface area contributed by atoms with Gasteiger partial charge in [-0.25, -0.2) is 12.8 Å². The monoisotopic (exact) mass is 362 g/mol. The molecule has 1 amide bonds. The Morgan fingerprint density at radius 2 is 1.96 bits per heavy atom. The average molecular weight is 362 g/mol. The van der Waals surface area contributed by atoms with Crippen LogP contribution in [-0.2, 0) is 21.2 Å². The summed E-state index contributed by atoms with van der Waals surface area (Å²) in [6, 6.07) is 8.73. The molecule has 1 aliphatic heterocycles. The van der Waals surface area contributed by atoms with Crippen molar-refractivity contribution in [2.24, 2.45) is 0 Å². The maximum atomic E-state index is 13.2. The smallest absolute Gasteiger partial charge is 0.262 e. The van der Waals surface area contributed by atoms with Crippen LogP contribution in [0.3, 0.4) is 0 Å². The molecule has 0 atom stereocenters. The highest BCUT2D eigenvalue weighted by Crippen LogP contribution is 2.31. The van der Waals surface area contributed by atoms with Gasteiger partial charge >= 0.3 is 0 Å². The van der Waals surface area contributed by atoms with Gasteiger partial charge in [-0.1, -0.05) is 6.07 Å². The molecule has 0 radical (unpaired) electrons. The van der Waals surface area contributed by atoms with Crippen LogP contribution in [0.1, 0.15) is 24.5 Å². The molecule has 5 nitrogen and oxygen atoms in total. The molecule has 25 heavy (non-hydrogen) atoms. The van der Waals surface area contributed by atoms with Crippen LogP contribution < -0.4 is 9.62 Å². The summed E-state index contributed by atoms with van der Waals surface area (Å²) in [5, 5.41) is 0. The van der Waals surface area contributed by atoms with Crippen molar-refractivity contribution in [2.45, 2.75) is 31.6 Å². The number of aryl methyl sites for hydroxylation is 2. The minimum atomic E-state index is -3.85. The number of nitrogens with one attached hydrogen (secondary N) is 1. The van der Waals surface area contributed by atoms with Crippen LogP contribution in [0.15, 0.2) is 41.3 Å². The maximum absolute atomic E-state index is 13.2. The number of hydrogen-bond donors (Lipinski definition) is 1. The molecule has 2 aromatic rings. The van der Waals surface area contributed by atoms with Crippen LogP contribution in [0.5, 0.6) is 0 Å². The van der Waals surface area contributed by atoms with E-state index in [-0.39, 0.29) is 10.8 Å². The molecular formula is C18H19FN2O3S. The molecule has 2 aromatic carbocycles. The SMILES string of the molecule is CC(=O)N1CCCc2ccc(NS(=O)(=O)c3ccc(F)cc3C)cc21. The molecule has 0 spiro atoms. The molecule has 3 rings (SSSR count). The van der Waals surface area contributed by atoms with Crippen molar-refractivity contribution in [1.82, 2.24) is 0 Å². The van der Waals surface area contributed by atoms with Gasteiger partial charge in [0.15, 0.2) is 0 Å². The van der Waals surface area contributed by atoms with Crippen molar-refractivity contribution in [3.05, 3.63) is 53.3 Å². The number of carbonyl (C=O) groups excluding carboxylic acids is 1. The average Bonchev–Trinajstić information content (AvgIpc) is 2.53. The Morgan fingerprint density at radius 1 is 1.20 bits per heavy atom. The number of halogens is 1. The van der Waals surface area contributed by atoms with Gasteiger partial charge in [0.25, 0.3) is 10.0 Å². The highest BCUT2D eigenvalue weighted by atomic mass is 32.2. The predicted molar refractivity (Wildman–Crippen MR) is 94.7 cm³/mol. The molecule has 1 heterocycles. The van der Waals surface area contributed by atoms with E-state index in [4.69, 9.17) is 0 Å². The molecule has 1 N–H and O–H groups in total. The zero-order valence-electron chi connectivity index (χ0n) is 14.0. The van der Waals surface area contributed by atoms with Crippen molar-refractivity contribution < 1.29 is 17.6 Å². The Labute approximate surface area is 146 Å². The molecule has 0 saturated carbocycles. The standard InChI is InChI=1S/C18H19FN2O3S/c1-12-10-15(19)6-8-18(12)25(23,24)20-16-7-5-14-4-3-9-21(13(2)22)17(14)11-16/h5-8,10-11,20H,3-4,9H2,1-2H3. The summed E-state index contributed by atoms with van der Waals surface area (Å²) in [5.74, 6) is -0.558. The van der Waals surface area contributed by atoms with Gasteiger partial charge in [-0.2, -0.15) is 0 Å². The lowest BCUT2D eigenvalue weighted by Gasteiger charge is -2.29. The lowest BCUT2D eigenvalue weighted by atomic mass is 10.0. The first kappa shape index (κ1) is 17.4. The van der Waals surface area contributed by atoms with Gasteiger partial charge in [0.05, 0.1) is 10.6 Å². The van der Waals surface area contributed by atoms with E-state index in [1.54, 1.807) is 24.0 Å². The number of nitrogens with zero attached hydrogens (tertiary/aromatic N) is 1. The topological polar surface area (TPSA) is 66.5 Å². The minimum Gasteiger partial charge on any atom is -0.312 e. The summed E-state index contributed by atoms with van der Waals surface area (Å²) in [6.07, 6.45) is 1.73. The first-order valence-corrected chi connectivity index (χ1v) is 9.46. The summed E-state index contributed by atoms with van der Waals surface area (Å²) < 4.78 is 40.9. The van der Waals surface area contributed by atoms with Crippen molar-refractivity contribution in [3.8, 4) is 0 Å². The van der Waals surface area contributed by atoms with Crippen LogP contribution in [-0.4, -0.2) is 20.9 Å². The Hall–Kier alpha value is -2.41. The fourth-order valence-corrected chi connectivity index (χ4v) is 4.37. The summed E-state index contributed by atoms with van der Waals surface area (Å²) in [4.78, 5) is 13.5. The number of anilines is 2. The van der Waals surface area contributed by atoms with Crippen molar-refractivity contribution in [2.75, 3.05) is 16.2 Å². The van der Waals surface area contributed by atoms with E-state index in [1.165, 1.54) is 19.1 Å². The largest absolute Gasteiger partial charge is 0.312 e. The minimum absolute atomic E-state index is 0.0232. The highest BCUT2D eigenvalue weighted by molar-refractivity contribution is 7.92. The zero-order valence-corrected chi connectivity index (χ0v) is 14.9. The predicted octanol–water partition coefficient (Wildman–Crippen LogP) is 3.23. The van der Waals surface area contributed by atoms with Gasteiger partial charge in [-0.05, 0) is 61.2 Å². The first-order valence-electron chi connectivity index (χ1n) is 7.98. The third-order valence-electron chi connectivity index (χ3n) is 4.26. The number of carbonyl (C=O) groups is 1. The number of hydrogen-bond acceptors (Lipinski definition) is 3. The molecule has 132 valence electrons. The Bertz CT molecular complexity index is 941. The van der Waals surface area contributed by atoms with E-state index in [0.717, 1.165) is 30.2 Å². The fraction of sp³-hybridized carbons (Fsp3) is 0.278. The molecule has 0 aliphatic carbocycles. The third-order valence-corrected chi connectivity index (χ3v) is 5.80. The van der Waals surface area contributed by atoms with Crippen LogP contribution in [0.4, 0.5) is 15.8 Å². The first-order chi connectivity index (χ1) is 11.8. The van der Waals surface area contributed by atoms with E-state index < -0.39 is 15.8 Å². The van der Waals surface area contributed by atoms with Gasteiger partial charge in [-0.15, -0.1) is 0 Å². The Balaban J connectivity index is 1.95. The lowest BCUT2D eigenvalue weighted by Crippen LogP contribution is -2.33. The van der Waals surface area contributed by atoms with Crippen LogP contribution in [0, 0.1) is 12.7 Å². The van der Waals surface area contributed by atoms with Gasteiger partial charge in [0.2, 0.25) is 5.91 Å². The second-order valence-electron chi connectivity index (χ2n) is 6.13. The Morgan fingerprint density at radius 3 is 2.64 bits per heavy atom. The van der Waals surface area contributed by atoms with Gasteiger partial charge in [-0.3, -0.25) is 9.52 Å². The molecular weight excluding hydrogens is 343 g/mol. The number of amides is 1. The van der Waals surface area contributed by atoms with Crippen LogP contribution in [0.25, 0.3) is 0 Å².